The third-order valence-electron chi connectivity index (χ3n) is 4.73. The smallest absolute Gasteiger partial charge is 0.123 e. The van der Waals surface area contributed by atoms with E-state index < -0.39 is 0 Å². The van der Waals surface area contributed by atoms with E-state index >= 15 is 0 Å². The molecule has 0 aliphatic carbocycles. The van der Waals surface area contributed by atoms with Crippen LogP contribution in [0.1, 0.15) is 18.2 Å². The van der Waals surface area contributed by atoms with Crippen molar-refractivity contribution >= 4 is 27.8 Å². The number of nitrogens with one attached hydrogen (secondary N) is 2. The van der Waals surface area contributed by atoms with Gasteiger partial charge in [0.1, 0.15) is 6.17 Å². The van der Waals surface area contributed by atoms with Crippen LogP contribution in [0.15, 0.2) is 60.7 Å². The quantitative estimate of drug-likeness (QED) is 0.727. The third kappa shape index (κ3) is 2.85. The topological polar surface area (TPSA) is 51.1 Å². The molecule has 0 unspecified atom stereocenters. The molecule has 0 saturated heterocycles. The highest BCUT2D eigenvalue weighted by molar-refractivity contribution is 6.04. The monoisotopic (exact) mass is 328 g/mol. The Balaban J connectivity index is 1.59. The molecule has 0 fully saturated rings. The number of hydrogen-bond donors (Lipinski definition) is 2. The average molecular weight is 328 g/mol. The molecule has 0 aromatic heterocycles. The summed E-state index contributed by atoms with van der Waals surface area (Å²) < 4.78 is 0. The molecule has 0 radical (unpaired) electrons. The largest absolute Gasteiger partial charge is 0.374 e. The lowest BCUT2D eigenvalue weighted by Gasteiger charge is -2.30. The van der Waals surface area contributed by atoms with Gasteiger partial charge >= 0.3 is 0 Å². The lowest BCUT2D eigenvalue weighted by atomic mass is 10.0. The van der Waals surface area contributed by atoms with Crippen LogP contribution in [0, 0.1) is 11.3 Å². The van der Waals surface area contributed by atoms with Gasteiger partial charge in [-0.2, -0.15) is 5.26 Å². The van der Waals surface area contributed by atoms with Crippen molar-refractivity contribution in [1.82, 2.24) is 0 Å². The molecule has 25 heavy (non-hydrogen) atoms. The second-order valence-corrected chi connectivity index (χ2v) is 6.35. The molecule has 0 spiro atoms. The Morgan fingerprint density at radius 2 is 1.60 bits per heavy atom. The van der Waals surface area contributed by atoms with Gasteiger partial charge in [0.25, 0.3) is 0 Å². The van der Waals surface area contributed by atoms with Crippen molar-refractivity contribution in [2.45, 2.75) is 12.6 Å². The minimum Gasteiger partial charge on any atom is -0.374 e. The first-order chi connectivity index (χ1) is 12.3. The van der Waals surface area contributed by atoms with E-state index in [-0.39, 0.29) is 6.17 Å². The van der Waals surface area contributed by atoms with E-state index in [1.807, 2.05) is 7.05 Å². The van der Waals surface area contributed by atoms with Crippen molar-refractivity contribution in [2.24, 2.45) is 0 Å². The Kier molecular flexibility index (Phi) is 3.91. The molecule has 3 aromatic rings. The van der Waals surface area contributed by atoms with Gasteiger partial charge in [-0.3, -0.25) is 0 Å². The fourth-order valence-electron chi connectivity index (χ4n) is 3.36. The van der Waals surface area contributed by atoms with Gasteiger partial charge in [0, 0.05) is 36.0 Å². The Morgan fingerprint density at radius 3 is 2.20 bits per heavy atom. The van der Waals surface area contributed by atoms with E-state index in [9.17, 15) is 0 Å². The minimum atomic E-state index is 0.0407. The summed E-state index contributed by atoms with van der Waals surface area (Å²) in [6.45, 7) is 0.741. The normalized spacial score (nSPS) is 13.0. The van der Waals surface area contributed by atoms with Crippen LogP contribution in [0.3, 0.4) is 0 Å². The molecule has 4 rings (SSSR count). The maximum atomic E-state index is 8.73. The number of rotatable bonds is 4. The summed E-state index contributed by atoms with van der Waals surface area (Å²) >= 11 is 0. The van der Waals surface area contributed by atoms with E-state index in [0.717, 1.165) is 23.6 Å². The van der Waals surface area contributed by atoms with Crippen LogP contribution in [0.25, 0.3) is 10.8 Å². The number of benzene rings is 3. The number of nitrogens with zero attached hydrogens (tertiary/aromatic N) is 2. The van der Waals surface area contributed by atoms with Crippen molar-refractivity contribution in [3.05, 3.63) is 66.2 Å². The van der Waals surface area contributed by atoms with Crippen LogP contribution in [0.4, 0.5) is 17.1 Å². The summed E-state index contributed by atoms with van der Waals surface area (Å²) in [6.07, 6.45) is 0.573. The predicted octanol–water partition coefficient (Wildman–Crippen LogP) is 4.73. The Bertz CT molecular complexity index is 900. The molecule has 0 saturated carbocycles. The molecule has 124 valence electrons. The van der Waals surface area contributed by atoms with E-state index in [4.69, 9.17) is 5.26 Å². The van der Waals surface area contributed by atoms with E-state index in [0.29, 0.717) is 6.42 Å². The zero-order valence-corrected chi connectivity index (χ0v) is 14.2. The lowest BCUT2D eigenvalue weighted by Crippen LogP contribution is -2.24. The van der Waals surface area contributed by atoms with Crippen molar-refractivity contribution in [1.29, 1.82) is 5.26 Å². The van der Waals surface area contributed by atoms with Gasteiger partial charge in [0.05, 0.1) is 12.5 Å². The van der Waals surface area contributed by atoms with E-state index in [1.54, 1.807) is 0 Å². The molecule has 2 N–H and O–H groups in total. The summed E-state index contributed by atoms with van der Waals surface area (Å²) in [5.41, 5.74) is 4.63. The highest BCUT2D eigenvalue weighted by Gasteiger charge is 2.20. The van der Waals surface area contributed by atoms with Gasteiger partial charge in [-0.1, -0.05) is 36.4 Å². The highest BCUT2D eigenvalue weighted by Crippen LogP contribution is 2.38. The van der Waals surface area contributed by atoms with Crippen molar-refractivity contribution < 1.29 is 0 Å². The number of hydrogen-bond acceptors (Lipinski definition) is 4. The Labute approximate surface area is 147 Å². The second kappa shape index (κ2) is 6.37. The fourth-order valence-corrected chi connectivity index (χ4v) is 3.36. The molecule has 0 atom stereocenters. The maximum Gasteiger partial charge on any atom is 0.123 e. The van der Waals surface area contributed by atoms with Crippen molar-refractivity contribution in [3.63, 3.8) is 0 Å². The predicted molar refractivity (Wildman–Crippen MR) is 104 cm³/mol. The molecular formula is C21H20N4. The summed E-state index contributed by atoms with van der Waals surface area (Å²) in [6, 6.07) is 23.4. The van der Waals surface area contributed by atoms with Gasteiger partial charge < -0.3 is 15.5 Å². The van der Waals surface area contributed by atoms with Crippen molar-refractivity contribution in [2.75, 3.05) is 29.1 Å². The minimum absolute atomic E-state index is 0.0407. The molecule has 1 aliphatic heterocycles. The van der Waals surface area contributed by atoms with Gasteiger partial charge in [-0.05, 0) is 35.2 Å². The van der Waals surface area contributed by atoms with Crippen LogP contribution in [0.5, 0.6) is 0 Å². The second-order valence-electron chi connectivity index (χ2n) is 6.35. The molecule has 4 heteroatoms. The molecular weight excluding hydrogens is 308 g/mol. The number of nitriles is 1. The summed E-state index contributed by atoms with van der Waals surface area (Å²) in [5, 5.41) is 18.4. The van der Waals surface area contributed by atoms with Crippen LogP contribution < -0.4 is 15.5 Å². The Morgan fingerprint density at radius 1 is 0.960 bits per heavy atom. The SMILES string of the molecule is CN(CCC#N)c1ccc(C2Nc3cccc4cccc(c34)N2)cc1. The molecule has 3 aromatic carbocycles. The highest BCUT2D eigenvalue weighted by atomic mass is 15.1. The zero-order chi connectivity index (χ0) is 17.2. The molecule has 0 bridgehead atoms. The first-order valence-electron chi connectivity index (χ1n) is 8.49. The van der Waals surface area contributed by atoms with Crippen LogP contribution >= 0.6 is 0 Å². The first kappa shape index (κ1) is 15.3. The number of anilines is 3. The van der Waals surface area contributed by atoms with Crippen molar-refractivity contribution in [3.8, 4) is 6.07 Å². The van der Waals surface area contributed by atoms with Crippen LogP contribution in [0.2, 0.25) is 0 Å². The summed E-state index contributed by atoms with van der Waals surface area (Å²) in [5.74, 6) is 0. The van der Waals surface area contributed by atoms with Crippen LogP contribution in [-0.4, -0.2) is 13.6 Å². The average Bonchev–Trinajstić information content (AvgIpc) is 2.66. The van der Waals surface area contributed by atoms with Gasteiger partial charge in [-0.15, -0.1) is 0 Å². The van der Waals surface area contributed by atoms with Gasteiger partial charge in [-0.25, -0.2) is 0 Å². The van der Waals surface area contributed by atoms with Gasteiger partial charge in [0.15, 0.2) is 0 Å². The standard InChI is InChI=1S/C21H20N4/c1-25(14-4-13-22)17-11-9-16(10-12-17)21-23-18-7-2-5-15-6-3-8-19(24-21)20(15)18/h2-3,5-12,21,23-24H,4,14H2,1H3. The molecule has 0 amide bonds. The third-order valence-corrected chi connectivity index (χ3v) is 4.73. The molecule has 1 heterocycles. The molecule has 4 nitrogen and oxygen atoms in total. The Hall–Kier alpha value is -3.19. The first-order valence-corrected chi connectivity index (χ1v) is 8.49. The lowest BCUT2D eigenvalue weighted by molar-refractivity contribution is 0.886. The van der Waals surface area contributed by atoms with Gasteiger partial charge in [0.2, 0.25) is 0 Å². The summed E-state index contributed by atoms with van der Waals surface area (Å²) in [4.78, 5) is 2.10. The maximum absolute atomic E-state index is 8.73. The summed E-state index contributed by atoms with van der Waals surface area (Å²) in [7, 11) is 2.01. The van der Waals surface area contributed by atoms with E-state index in [1.165, 1.54) is 16.3 Å². The molecule has 1 aliphatic rings. The zero-order valence-electron chi connectivity index (χ0n) is 14.2. The van der Waals surface area contributed by atoms with E-state index in [2.05, 4.69) is 82.3 Å². The fraction of sp³-hybridized carbons (Fsp3) is 0.190. The van der Waals surface area contributed by atoms with Crippen LogP contribution in [-0.2, 0) is 0 Å².